The molecule has 2 aromatic rings. The van der Waals surface area contributed by atoms with Crippen molar-refractivity contribution in [2.45, 2.75) is 6.18 Å². The number of hydrogen-bond donors (Lipinski definition) is 0. The first-order chi connectivity index (χ1) is 9.47. The summed E-state index contributed by atoms with van der Waals surface area (Å²) >= 11 is -0.556. The third kappa shape index (κ3) is 6.14. The van der Waals surface area contributed by atoms with Crippen molar-refractivity contribution in [1.29, 1.82) is 0 Å². The molecule has 2 rings (SSSR count). The zero-order valence-electron chi connectivity index (χ0n) is 9.90. The van der Waals surface area contributed by atoms with Gasteiger partial charge in [-0.05, 0) is 24.3 Å². The van der Waals surface area contributed by atoms with Crippen LogP contribution in [-0.2, 0) is 23.2 Å². The van der Waals surface area contributed by atoms with Crippen LogP contribution in [0.2, 0.25) is 0 Å². The van der Waals surface area contributed by atoms with E-state index in [1.165, 1.54) is 18.3 Å². The summed E-state index contributed by atoms with van der Waals surface area (Å²) < 4.78 is 36.8. The van der Waals surface area contributed by atoms with E-state index in [1.54, 1.807) is 18.3 Å². The molecule has 8 heteroatoms. The molecule has 0 saturated carbocycles. The molecule has 1 aromatic heterocycles. The Bertz CT molecular complexity index is 525. The Morgan fingerprint density at radius 3 is 2.15 bits per heavy atom. The Kier molecular flexibility index (Phi) is 7.37. The van der Waals surface area contributed by atoms with Gasteiger partial charge in [-0.2, -0.15) is 19.4 Å². The van der Waals surface area contributed by atoms with E-state index in [-0.39, 0.29) is 0 Å². The van der Waals surface area contributed by atoms with Crippen LogP contribution in [0.5, 0.6) is 0 Å². The van der Waals surface area contributed by atoms with Gasteiger partial charge in [0.15, 0.2) is 0 Å². The normalized spacial score (nSPS) is 11.1. The maximum atomic E-state index is 12.3. The van der Waals surface area contributed by atoms with E-state index in [2.05, 4.69) is 9.98 Å². The van der Waals surface area contributed by atoms with Crippen LogP contribution < -0.4 is 4.98 Å². The predicted molar refractivity (Wildman–Crippen MR) is 70.2 cm³/mol. The standard InChI is InChI=1S/C12H8F3N2.2ClH.Ti/c13-12(14,15)9-3-5-10(6-4-9)17-8-11-2-1-7-16-11;;;/h1-8H;2*1H;/q-1;;;+2/p-2. The van der Waals surface area contributed by atoms with Gasteiger partial charge in [0.1, 0.15) is 0 Å². The molecule has 0 saturated heterocycles. The van der Waals surface area contributed by atoms with Crippen LogP contribution in [0.4, 0.5) is 18.9 Å². The molecule has 0 bridgehead atoms. The minimum absolute atomic E-state index is 0.459. The summed E-state index contributed by atoms with van der Waals surface area (Å²) in [5.74, 6) is 0. The first kappa shape index (κ1) is 17.3. The van der Waals surface area contributed by atoms with Crippen molar-refractivity contribution in [2.75, 3.05) is 0 Å². The Hall–Kier alpha value is -0.746. The minimum atomic E-state index is -4.31. The summed E-state index contributed by atoms with van der Waals surface area (Å²) in [4.78, 5) is 7.98. The van der Waals surface area contributed by atoms with Crippen LogP contribution in [0.1, 0.15) is 11.3 Å². The Morgan fingerprint density at radius 1 is 1.10 bits per heavy atom. The summed E-state index contributed by atoms with van der Waals surface area (Å²) in [5.41, 5.74) is 0.453. The van der Waals surface area contributed by atoms with Crippen LogP contribution in [0.3, 0.4) is 0 Å². The number of aromatic nitrogens is 1. The number of nitrogens with zero attached hydrogens (tertiary/aromatic N) is 2. The van der Waals surface area contributed by atoms with Crippen LogP contribution in [0.15, 0.2) is 47.6 Å². The Labute approximate surface area is 130 Å². The number of benzene rings is 1. The number of alkyl halides is 3. The summed E-state index contributed by atoms with van der Waals surface area (Å²) in [6.45, 7) is 0. The zero-order chi connectivity index (χ0) is 15.0. The summed E-state index contributed by atoms with van der Waals surface area (Å²) in [6, 6.07) is 8.17. The van der Waals surface area contributed by atoms with Crippen molar-refractivity contribution in [3.05, 3.63) is 53.9 Å². The number of rotatable bonds is 2. The number of aliphatic imine (C=N–C) groups is 1. The molecule has 0 radical (unpaired) electrons. The molecule has 0 aliphatic carbocycles. The molecule has 0 spiro atoms. The molecule has 1 aromatic carbocycles. The fourth-order valence-electron chi connectivity index (χ4n) is 1.27. The summed E-state index contributed by atoms with van der Waals surface area (Å²) in [5, 5.41) is 0. The van der Waals surface area contributed by atoms with Crippen molar-refractivity contribution in [3.8, 4) is 0 Å². The fourth-order valence-corrected chi connectivity index (χ4v) is 1.27. The van der Waals surface area contributed by atoms with Gasteiger partial charge >= 0.3 is 41.8 Å². The molecule has 0 fully saturated rings. The van der Waals surface area contributed by atoms with Crippen molar-refractivity contribution in [1.82, 2.24) is 4.98 Å². The molecule has 0 aliphatic heterocycles. The molecular weight excluding hydrogens is 348 g/mol. The predicted octanol–water partition coefficient (Wildman–Crippen LogP) is 4.79. The molecule has 20 heavy (non-hydrogen) atoms. The molecule has 0 aliphatic rings. The van der Waals surface area contributed by atoms with Gasteiger partial charge in [0.2, 0.25) is 0 Å². The average molecular weight is 356 g/mol. The van der Waals surface area contributed by atoms with Crippen molar-refractivity contribution >= 4 is 30.5 Å². The molecule has 2 nitrogen and oxygen atoms in total. The molecular formula is C12H8Cl2F3N2Ti-. The second-order valence-corrected chi connectivity index (χ2v) is 6.02. The number of hydrogen-bond acceptors (Lipinski definition) is 1. The van der Waals surface area contributed by atoms with Gasteiger partial charge in [0.25, 0.3) is 0 Å². The van der Waals surface area contributed by atoms with Crippen molar-refractivity contribution in [3.63, 3.8) is 0 Å². The first-order valence-corrected chi connectivity index (χ1v) is 9.52. The molecule has 0 N–H and O–H groups in total. The third-order valence-corrected chi connectivity index (χ3v) is 2.12. The van der Waals surface area contributed by atoms with E-state index in [0.717, 1.165) is 12.1 Å². The van der Waals surface area contributed by atoms with Crippen LogP contribution in [0, 0.1) is 0 Å². The van der Waals surface area contributed by atoms with E-state index in [9.17, 15) is 13.2 Å². The van der Waals surface area contributed by atoms with Crippen LogP contribution in [0.25, 0.3) is 0 Å². The zero-order valence-corrected chi connectivity index (χ0v) is 13.0. The van der Waals surface area contributed by atoms with Gasteiger partial charge in [-0.3, -0.25) is 4.99 Å². The molecule has 0 atom stereocenters. The molecule has 1 heterocycles. The molecule has 0 unspecified atom stereocenters. The van der Waals surface area contributed by atoms with E-state index in [0.29, 0.717) is 11.4 Å². The van der Waals surface area contributed by atoms with E-state index in [4.69, 9.17) is 18.6 Å². The monoisotopic (exact) mass is 355 g/mol. The summed E-state index contributed by atoms with van der Waals surface area (Å²) in [6.07, 6.45) is -1.19. The van der Waals surface area contributed by atoms with Gasteiger partial charge in [0, 0.05) is 6.21 Å². The SMILES string of the molecule is FC(F)(F)c1ccc(N=Cc2ccc[n-]2)cc1.[Cl][Ti][Cl]. The van der Waals surface area contributed by atoms with Crippen molar-refractivity contribution < 1.29 is 30.2 Å². The van der Waals surface area contributed by atoms with Crippen molar-refractivity contribution in [2.24, 2.45) is 4.99 Å². The first-order valence-electron chi connectivity index (χ1n) is 5.22. The number of halogens is 5. The molecule has 106 valence electrons. The molecule has 0 amide bonds. The van der Waals surface area contributed by atoms with Gasteiger partial charge in [-0.15, -0.1) is 5.69 Å². The summed E-state index contributed by atoms with van der Waals surface area (Å²) in [7, 11) is 9.78. The van der Waals surface area contributed by atoms with E-state index in [1.807, 2.05) is 0 Å². The topological polar surface area (TPSA) is 26.5 Å². The van der Waals surface area contributed by atoms with E-state index < -0.39 is 28.8 Å². The van der Waals surface area contributed by atoms with Gasteiger partial charge < -0.3 is 4.98 Å². The fraction of sp³-hybridized carbons (Fsp3) is 0.0833. The Balaban J connectivity index is 0.000000612. The second kappa shape index (κ2) is 8.52. The van der Waals surface area contributed by atoms with Gasteiger partial charge in [-0.25, -0.2) is 0 Å². The Morgan fingerprint density at radius 2 is 1.70 bits per heavy atom. The maximum absolute atomic E-state index is 12.3. The van der Waals surface area contributed by atoms with Crippen LogP contribution in [-0.4, -0.2) is 6.21 Å². The van der Waals surface area contributed by atoms with E-state index >= 15 is 0 Å². The average Bonchev–Trinajstić information content (AvgIpc) is 2.90. The van der Waals surface area contributed by atoms with Gasteiger partial charge in [-0.1, -0.05) is 12.1 Å². The quantitative estimate of drug-likeness (QED) is 0.562. The third-order valence-electron chi connectivity index (χ3n) is 2.12. The second-order valence-electron chi connectivity index (χ2n) is 3.44. The van der Waals surface area contributed by atoms with Crippen LogP contribution >= 0.6 is 18.6 Å². The van der Waals surface area contributed by atoms with Gasteiger partial charge in [0.05, 0.1) is 11.3 Å².